The van der Waals surface area contributed by atoms with E-state index in [1.54, 1.807) is 14.2 Å². The Labute approximate surface area is 172 Å². The molecule has 4 aliphatic heterocycles. The van der Waals surface area contributed by atoms with E-state index in [1.807, 2.05) is 25.1 Å². The summed E-state index contributed by atoms with van der Waals surface area (Å²) in [7, 11) is 3.35. The van der Waals surface area contributed by atoms with Crippen LogP contribution in [0.5, 0.6) is 11.5 Å². The van der Waals surface area contributed by atoms with Crippen LogP contribution in [0.2, 0.25) is 0 Å². The van der Waals surface area contributed by atoms with Crippen molar-refractivity contribution in [2.75, 3.05) is 14.2 Å². The van der Waals surface area contributed by atoms with E-state index in [0.29, 0.717) is 17.8 Å². The van der Waals surface area contributed by atoms with Gasteiger partial charge < -0.3 is 18.9 Å². The molecule has 6 nitrogen and oxygen atoms in total. The molecule has 0 aromatic heterocycles. The predicted octanol–water partition coefficient (Wildman–Crippen LogP) is 4.63. The van der Waals surface area contributed by atoms with Gasteiger partial charge in [0.2, 0.25) is 5.79 Å². The molecule has 0 N–H and O–H groups in total. The highest BCUT2D eigenvalue weighted by molar-refractivity contribution is 5.42. The normalized spacial score (nSPS) is 46.0. The summed E-state index contributed by atoms with van der Waals surface area (Å²) in [6.07, 6.45) is 3.54. The van der Waals surface area contributed by atoms with Crippen molar-refractivity contribution in [2.45, 2.75) is 70.2 Å². The van der Waals surface area contributed by atoms with E-state index < -0.39 is 17.7 Å². The molecular weight excluding hydrogens is 372 g/mol. The molecule has 2 bridgehead atoms. The van der Waals surface area contributed by atoms with E-state index in [9.17, 15) is 0 Å². The van der Waals surface area contributed by atoms with Crippen molar-refractivity contribution in [3.63, 3.8) is 0 Å². The number of fused-ring (bicyclic) bond motifs is 2. The number of benzene rings is 1. The molecule has 6 heteroatoms. The predicted molar refractivity (Wildman–Crippen MR) is 105 cm³/mol. The molecule has 0 amide bonds. The number of hydrogen-bond acceptors (Lipinski definition) is 6. The van der Waals surface area contributed by atoms with Gasteiger partial charge in [0.05, 0.1) is 20.3 Å². The Balaban J connectivity index is 1.57. The molecule has 5 fully saturated rings. The average Bonchev–Trinajstić information content (AvgIpc) is 2.96. The van der Waals surface area contributed by atoms with Gasteiger partial charge in [-0.25, -0.2) is 9.78 Å². The lowest BCUT2D eigenvalue weighted by atomic mass is 9.57. The smallest absolute Gasteiger partial charge is 0.201 e. The monoisotopic (exact) mass is 404 g/mol. The lowest BCUT2D eigenvalue weighted by Crippen LogP contribution is -2.69. The molecule has 4 heterocycles. The summed E-state index contributed by atoms with van der Waals surface area (Å²) < 4.78 is 24.2. The zero-order chi connectivity index (χ0) is 20.4. The van der Waals surface area contributed by atoms with Gasteiger partial charge in [0.15, 0.2) is 11.9 Å². The molecule has 4 saturated heterocycles. The van der Waals surface area contributed by atoms with Crippen LogP contribution in [0.1, 0.15) is 58.1 Å². The lowest BCUT2D eigenvalue weighted by molar-refractivity contribution is -0.571. The van der Waals surface area contributed by atoms with Crippen LogP contribution in [0.15, 0.2) is 18.2 Å². The topological polar surface area (TPSA) is 55.4 Å². The van der Waals surface area contributed by atoms with Gasteiger partial charge in [-0.3, -0.25) is 0 Å². The third kappa shape index (κ3) is 2.76. The summed E-state index contributed by atoms with van der Waals surface area (Å²) in [5.41, 5.74) is 0.490. The number of ether oxygens (including phenoxy) is 4. The highest BCUT2D eigenvalue weighted by Crippen LogP contribution is 2.62. The Morgan fingerprint density at radius 1 is 1.00 bits per heavy atom. The largest absolute Gasteiger partial charge is 0.497 e. The Kier molecular flexibility index (Phi) is 4.63. The Morgan fingerprint density at radius 3 is 2.59 bits per heavy atom. The first-order valence-electron chi connectivity index (χ1n) is 10.8. The van der Waals surface area contributed by atoms with Crippen LogP contribution < -0.4 is 9.47 Å². The summed E-state index contributed by atoms with van der Waals surface area (Å²) in [5, 5.41) is 0. The number of methoxy groups -OCH3 is 2. The molecule has 1 aromatic rings. The molecule has 1 aliphatic carbocycles. The van der Waals surface area contributed by atoms with E-state index in [2.05, 4.69) is 13.8 Å². The Hall–Kier alpha value is -1.34. The fraction of sp³-hybridized carbons (Fsp3) is 0.739. The SMILES string of the molecule is COc1ccc([C@@H]2O[C@@H]3O[C@]4(C)CC[C@H]5[C@H](C)CC[C@@H]([C@H]2C)[C@@]35OO4)c(OC)c1. The minimum atomic E-state index is -0.757. The molecule has 1 saturated carbocycles. The minimum absolute atomic E-state index is 0.142. The van der Waals surface area contributed by atoms with Crippen molar-refractivity contribution in [3.8, 4) is 11.5 Å². The molecule has 5 aliphatic rings. The third-order valence-electron chi connectivity index (χ3n) is 7.91. The molecule has 0 radical (unpaired) electrons. The van der Waals surface area contributed by atoms with E-state index in [1.165, 1.54) is 6.42 Å². The van der Waals surface area contributed by atoms with Crippen LogP contribution in [0.3, 0.4) is 0 Å². The molecule has 1 aromatic carbocycles. The van der Waals surface area contributed by atoms with Gasteiger partial charge in [0.1, 0.15) is 11.5 Å². The van der Waals surface area contributed by atoms with Crippen LogP contribution >= 0.6 is 0 Å². The van der Waals surface area contributed by atoms with Crippen molar-refractivity contribution < 1.29 is 28.7 Å². The average molecular weight is 405 g/mol. The zero-order valence-electron chi connectivity index (χ0n) is 18.0. The highest BCUT2D eigenvalue weighted by atomic mass is 17.3. The molecule has 8 atom stereocenters. The number of rotatable bonds is 3. The third-order valence-corrected chi connectivity index (χ3v) is 7.91. The van der Waals surface area contributed by atoms with Crippen LogP contribution in [-0.2, 0) is 19.2 Å². The second-order valence-corrected chi connectivity index (χ2v) is 9.43. The first-order valence-corrected chi connectivity index (χ1v) is 10.8. The van der Waals surface area contributed by atoms with Gasteiger partial charge in [0.25, 0.3) is 0 Å². The first kappa shape index (κ1) is 19.6. The van der Waals surface area contributed by atoms with Crippen LogP contribution in [0, 0.1) is 23.7 Å². The van der Waals surface area contributed by atoms with Crippen LogP contribution in [0.4, 0.5) is 0 Å². The van der Waals surface area contributed by atoms with Crippen molar-refractivity contribution in [1.82, 2.24) is 0 Å². The molecule has 160 valence electrons. The Morgan fingerprint density at radius 2 is 1.83 bits per heavy atom. The quantitative estimate of drug-likeness (QED) is 0.685. The maximum atomic E-state index is 6.71. The van der Waals surface area contributed by atoms with E-state index in [4.69, 9.17) is 28.7 Å². The molecule has 0 unspecified atom stereocenters. The van der Waals surface area contributed by atoms with Gasteiger partial charge in [-0.1, -0.05) is 13.8 Å². The lowest BCUT2D eigenvalue weighted by Gasteiger charge is -2.60. The number of hydrogen-bond donors (Lipinski definition) is 0. The fourth-order valence-electron chi connectivity index (χ4n) is 6.31. The summed E-state index contributed by atoms with van der Waals surface area (Å²) >= 11 is 0. The van der Waals surface area contributed by atoms with E-state index in [-0.39, 0.29) is 12.0 Å². The van der Waals surface area contributed by atoms with Crippen LogP contribution in [-0.4, -0.2) is 31.9 Å². The van der Waals surface area contributed by atoms with Crippen molar-refractivity contribution in [1.29, 1.82) is 0 Å². The fourth-order valence-corrected chi connectivity index (χ4v) is 6.31. The van der Waals surface area contributed by atoms with Crippen molar-refractivity contribution >= 4 is 0 Å². The highest BCUT2D eigenvalue weighted by Gasteiger charge is 2.69. The first-order chi connectivity index (χ1) is 13.9. The van der Waals surface area contributed by atoms with Crippen LogP contribution in [0.25, 0.3) is 0 Å². The second kappa shape index (κ2) is 6.84. The standard InChI is InChI=1S/C23H32O6/c1-13-6-9-18-14(2)20(16-8-7-15(24-4)12-19(16)25-5)26-21-23(18)17(13)10-11-22(3,27-21)28-29-23/h7-8,12-14,17-18,20-21H,6,9-11H2,1-5H3/t13-,14-,17+,18+,20-,21-,22+,23-/m1/s1. The summed E-state index contributed by atoms with van der Waals surface area (Å²) in [6, 6.07) is 5.93. The van der Waals surface area contributed by atoms with Gasteiger partial charge in [-0.2, -0.15) is 0 Å². The maximum Gasteiger partial charge on any atom is 0.201 e. The van der Waals surface area contributed by atoms with Crippen molar-refractivity contribution in [2.24, 2.45) is 23.7 Å². The van der Waals surface area contributed by atoms with Crippen molar-refractivity contribution in [3.05, 3.63) is 23.8 Å². The summed E-state index contributed by atoms with van der Waals surface area (Å²) in [5.74, 6) is 2.25. The summed E-state index contributed by atoms with van der Waals surface area (Å²) in [6.45, 7) is 6.56. The summed E-state index contributed by atoms with van der Waals surface area (Å²) in [4.78, 5) is 12.1. The molecule has 6 rings (SSSR count). The van der Waals surface area contributed by atoms with E-state index in [0.717, 1.165) is 36.3 Å². The van der Waals surface area contributed by atoms with Gasteiger partial charge in [-0.15, -0.1) is 0 Å². The molecular formula is C23H32O6. The maximum absolute atomic E-state index is 6.71. The second-order valence-electron chi connectivity index (χ2n) is 9.43. The van der Waals surface area contributed by atoms with Gasteiger partial charge >= 0.3 is 0 Å². The Bertz CT molecular complexity index is 783. The molecule has 29 heavy (non-hydrogen) atoms. The molecule has 1 spiro atoms. The van der Waals surface area contributed by atoms with Gasteiger partial charge in [-0.05, 0) is 56.1 Å². The van der Waals surface area contributed by atoms with Gasteiger partial charge in [0, 0.05) is 24.0 Å². The zero-order valence-corrected chi connectivity index (χ0v) is 18.0. The van der Waals surface area contributed by atoms with E-state index >= 15 is 0 Å². The minimum Gasteiger partial charge on any atom is -0.497 e.